The van der Waals surface area contributed by atoms with E-state index in [0.717, 1.165) is 21.3 Å². The first-order valence-corrected chi connectivity index (χ1v) is 11.6. The number of carbonyl (C=O) groups is 2. The number of pyridine rings is 1. The fourth-order valence-corrected chi connectivity index (χ4v) is 5.27. The van der Waals surface area contributed by atoms with Gasteiger partial charge in [-0.25, -0.2) is 9.79 Å². The van der Waals surface area contributed by atoms with Crippen molar-refractivity contribution in [2.24, 2.45) is 4.99 Å². The molecule has 0 fully saturated rings. The predicted molar refractivity (Wildman–Crippen MR) is 122 cm³/mol. The number of esters is 1. The molecule has 1 N–H and O–H groups in total. The SMILES string of the molecule is CCOC(=O)C1=C(C)N=C2SC=C(CC(=O)NCc3ccncc3)N2[C@@H]1c1cccs1. The Bertz CT molecular complexity index is 1060. The van der Waals surface area contributed by atoms with Crippen molar-refractivity contribution in [2.75, 3.05) is 6.61 Å². The Hall–Kier alpha value is -2.91. The molecule has 2 aliphatic heterocycles. The average molecular weight is 455 g/mol. The number of hydrogen-bond acceptors (Lipinski definition) is 8. The van der Waals surface area contributed by atoms with Crippen LogP contribution in [-0.2, 0) is 20.9 Å². The monoisotopic (exact) mass is 454 g/mol. The number of amidine groups is 1. The topological polar surface area (TPSA) is 83.9 Å². The molecular formula is C22H22N4O3S2. The second-order valence-corrected chi connectivity index (χ2v) is 8.75. The normalized spacial score (nSPS) is 17.7. The lowest BCUT2D eigenvalue weighted by atomic mass is 9.99. The number of aliphatic imine (C=N–C) groups is 1. The summed E-state index contributed by atoms with van der Waals surface area (Å²) in [6, 6.07) is 7.33. The molecule has 0 saturated heterocycles. The molecule has 0 aliphatic carbocycles. The molecule has 0 unspecified atom stereocenters. The number of thioether (sulfide) groups is 1. The highest BCUT2D eigenvalue weighted by atomic mass is 32.2. The van der Waals surface area contributed by atoms with Crippen LogP contribution >= 0.6 is 23.1 Å². The number of amides is 1. The van der Waals surface area contributed by atoms with Crippen molar-refractivity contribution in [3.63, 3.8) is 0 Å². The van der Waals surface area contributed by atoms with Crippen LogP contribution in [0.15, 0.2) is 69.4 Å². The quantitative estimate of drug-likeness (QED) is 0.637. The molecule has 1 atom stereocenters. The molecule has 1 amide bonds. The second-order valence-electron chi connectivity index (χ2n) is 6.94. The smallest absolute Gasteiger partial charge is 0.338 e. The van der Waals surface area contributed by atoms with E-state index in [1.165, 1.54) is 11.8 Å². The van der Waals surface area contributed by atoms with Crippen molar-refractivity contribution in [1.82, 2.24) is 15.2 Å². The van der Waals surface area contributed by atoms with Crippen LogP contribution in [-0.4, -0.2) is 33.5 Å². The van der Waals surface area contributed by atoms with Gasteiger partial charge in [0.15, 0.2) is 5.17 Å². The van der Waals surface area contributed by atoms with Crippen molar-refractivity contribution in [3.05, 3.63) is 74.9 Å². The summed E-state index contributed by atoms with van der Waals surface area (Å²) in [5.41, 5.74) is 2.95. The van der Waals surface area contributed by atoms with E-state index in [2.05, 4.69) is 15.3 Å². The van der Waals surface area contributed by atoms with Gasteiger partial charge >= 0.3 is 5.97 Å². The van der Waals surface area contributed by atoms with Crippen LogP contribution in [0.1, 0.15) is 36.8 Å². The number of aromatic nitrogens is 1. The van der Waals surface area contributed by atoms with Crippen molar-refractivity contribution < 1.29 is 14.3 Å². The average Bonchev–Trinajstić information content (AvgIpc) is 3.43. The molecule has 4 rings (SSSR count). The maximum Gasteiger partial charge on any atom is 0.338 e. The molecule has 2 aromatic heterocycles. The first-order chi connectivity index (χ1) is 15.1. The molecule has 160 valence electrons. The fourth-order valence-electron chi connectivity index (χ4n) is 3.48. The van der Waals surface area contributed by atoms with Crippen LogP contribution in [0.2, 0.25) is 0 Å². The summed E-state index contributed by atoms with van der Waals surface area (Å²) in [4.78, 5) is 37.1. The first-order valence-electron chi connectivity index (χ1n) is 9.89. The first kappa shape index (κ1) is 21.3. The van der Waals surface area contributed by atoms with Crippen LogP contribution in [0.5, 0.6) is 0 Å². The summed E-state index contributed by atoms with van der Waals surface area (Å²) in [5.74, 6) is -0.474. The summed E-state index contributed by atoms with van der Waals surface area (Å²) in [5, 5.41) is 7.63. The lowest BCUT2D eigenvalue weighted by Gasteiger charge is -2.35. The van der Waals surface area contributed by atoms with Gasteiger partial charge in [-0.3, -0.25) is 9.78 Å². The highest BCUT2D eigenvalue weighted by molar-refractivity contribution is 8.16. The Labute approximate surface area is 188 Å². The van der Waals surface area contributed by atoms with E-state index in [1.54, 1.807) is 30.7 Å². The number of ether oxygens (including phenoxy) is 1. The number of allylic oxidation sites excluding steroid dienone is 1. The number of fused-ring (bicyclic) bond motifs is 1. The number of hydrogen-bond donors (Lipinski definition) is 1. The third-order valence-corrected chi connectivity index (χ3v) is 6.70. The molecule has 4 heterocycles. The van der Waals surface area contributed by atoms with Crippen LogP contribution in [0.3, 0.4) is 0 Å². The molecule has 2 aromatic rings. The lowest BCUT2D eigenvalue weighted by Crippen LogP contribution is -2.37. The molecule has 0 saturated carbocycles. The molecule has 31 heavy (non-hydrogen) atoms. The van der Waals surface area contributed by atoms with E-state index < -0.39 is 0 Å². The summed E-state index contributed by atoms with van der Waals surface area (Å²) < 4.78 is 5.33. The van der Waals surface area contributed by atoms with E-state index in [0.29, 0.717) is 17.8 Å². The highest BCUT2D eigenvalue weighted by Gasteiger charge is 2.41. The van der Waals surface area contributed by atoms with Crippen molar-refractivity contribution in [3.8, 4) is 0 Å². The van der Waals surface area contributed by atoms with Gasteiger partial charge in [0.25, 0.3) is 0 Å². The van der Waals surface area contributed by atoms with Crippen LogP contribution < -0.4 is 5.32 Å². The van der Waals surface area contributed by atoms with Gasteiger partial charge in [-0.15, -0.1) is 11.3 Å². The second kappa shape index (κ2) is 9.49. The van der Waals surface area contributed by atoms with Crippen LogP contribution in [0.25, 0.3) is 0 Å². The Morgan fingerprint density at radius 1 is 1.26 bits per heavy atom. The maximum absolute atomic E-state index is 12.8. The van der Waals surface area contributed by atoms with Gasteiger partial charge in [0.2, 0.25) is 5.91 Å². The molecule has 9 heteroatoms. The summed E-state index contributed by atoms with van der Waals surface area (Å²) in [7, 11) is 0. The van der Waals surface area contributed by atoms with Gasteiger partial charge in [0.1, 0.15) is 6.04 Å². The van der Waals surface area contributed by atoms with E-state index in [1.807, 2.05) is 46.9 Å². The summed E-state index contributed by atoms with van der Waals surface area (Å²) >= 11 is 3.03. The van der Waals surface area contributed by atoms with Gasteiger partial charge < -0.3 is 15.0 Å². The number of rotatable bonds is 7. The zero-order valence-electron chi connectivity index (χ0n) is 17.2. The highest BCUT2D eigenvalue weighted by Crippen LogP contribution is 2.45. The van der Waals surface area contributed by atoms with Crippen molar-refractivity contribution >= 4 is 40.1 Å². The number of nitrogens with one attached hydrogen (secondary N) is 1. The zero-order chi connectivity index (χ0) is 21.8. The molecule has 0 bridgehead atoms. The Balaban J connectivity index is 1.56. The largest absolute Gasteiger partial charge is 0.463 e. The minimum Gasteiger partial charge on any atom is -0.463 e. The fraction of sp³-hybridized carbons (Fsp3) is 0.273. The molecule has 2 aliphatic rings. The number of nitrogens with zero attached hydrogens (tertiary/aromatic N) is 3. The predicted octanol–water partition coefficient (Wildman–Crippen LogP) is 3.99. The van der Waals surface area contributed by atoms with Crippen LogP contribution in [0.4, 0.5) is 0 Å². The third kappa shape index (κ3) is 4.57. The number of thiophene rings is 1. The van der Waals surface area contributed by atoms with Gasteiger partial charge in [0.05, 0.1) is 24.3 Å². The van der Waals surface area contributed by atoms with E-state index >= 15 is 0 Å². The standard InChI is InChI=1S/C22H22N4O3S2/c1-3-29-21(28)19-14(2)25-22-26(20(19)17-5-4-10-30-17)16(13-31-22)11-18(27)24-12-15-6-8-23-9-7-15/h4-10,13,20H,3,11-12H2,1-2H3,(H,24,27)/t20-/m1/s1. The molecule has 0 spiro atoms. The van der Waals surface area contributed by atoms with Crippen molar-refractivity contribution in [2.45, 2.75) is 32.9 Å². The molecule has 0 radical (unpaired) electrons. The maximum atomic E-state index is 12.8. The molecule has 0 aromatic carbocycles. The van der Waals surface area contributed by atoms with Gasteiger partial charge in [-0.1, -0.05) is 17.8 Å². The van der Waals surface area contributed by atoms with E-state index in [4.69, 9.17) is 4.74 Å². The van der Waals surface area contributed by atoms with Crippen molar-refractivity contribution in [1.29, 1.82) is 0 Å². The van der Waals surface area contributed by atoms with E-state index in [-0.39, 0.29) is 30.9 Å². The summed E-state index contributed by atoms with van der Waals surface area (Å²) in [6.07, 6.45) is 3.59. The minimum absolute atomic E-state index is 0.0983. The van der Waals surface area contributed by atoms with Gasteiger partial charge in [-0.2, -0.15) is 0 Å². The Kier molecular flexibility index (Phi) is 6.53. The van der Waals surface area contributed by atoms with Crippen LogP contribution in [0, 0.1) is 0 Å². The van der Waals surface area contributed by atoms with Gasteiger partial charge in [0, 0.05) is 29.5 Å². The number of carbonyl (C=O) groups excluding carboxylic acids is 2. The Morgan fingerprint density at radius 3 is 2.77 bits per heavy atom. The van der Waals surface area contributed by atoms with Gasteiger partial charge in [-0.05, 0) is 48.4 Å². The molecule has 7 nitrogen and oxygen atoms in total. The van der Waals surface area contributed by atoms with E-state index in [9.17, 15) is 9.59 Å². The Morgan fingerprint density at radius 2 is 2.06 bits per heavy atom. The minimum atomic E-state index is -0.375. The third-order valence-electron chi connectivity index (χ3n) is 4.89. The zero-order valence-corrected chi connectivity index (χ0v) is 18.8. The lowest BCUT2D eigenvalue weighted by molar-refractivity contribution is -0.139. The summed E-state index contributed by atoms with van der Waals surface area (Å²) in [6.45, 7) is 4.34. The molecular weight excluding hydrogens is 432 g/mol.